The van der Waals surface area contributed by atoms with E-state index < -0.39 is 0 Å². The van der Waals surface area contributed by atoms with Crippen molar-refractivity contribution in [1.82, 2.24) is 5.32 Å². The van der Waals surface area contributed by atoms with Gasteiger partial charge in [0.15, 0.2) is 0 Å². The van der Waals surface area contributed by atoms with Gasteiger partial charge in [-0.3, -0.25) is 4.79 Å². The number of nitrogens with one attached hydrogen (secondary N) is 1. The molecule has 3 N–H and O–H groups in total. The van der Waals surface area contributed by atoms with Gasteiger partial charge in [0.1, 0.15) is 6.04 Å². The van der Waals surface area contributed by atoms with E-state index in [1.54, 1.807) is 6.07 Å². The van der Waals surface area contributed by atoms with Crippen molar-refractivity contribution in [3.05, 3.63) is 29.8 Å². The van der Waals surface area contributed by atoms with Crippen LogP contribution < -0.4 is 16.0 Å². The minimum Gasteiger partial charge on any atom is -0.359 e. The highest BCUT2D eigenvalue weighted by atomic mass is 16.2. The van der Waals surface area contributed by atoms with Crippen LogP contribution >= 0.6 is 0 Å². The first kappa shape index (κ1) is 13.4. The van der Waals surface area contributed by atoms with E-state index in [-0.39, 0.29) is 11.9 Å². The molecule has 0 radical (unpaired) electrons. The fourth-order valence-corrected chi connectivity index (χ4v) is 2.38. The molecule has 1 heterocycles. The third-order valence-corrected chi connectivity index (χ3v) is 3.30. The third-order valence-electron chi connectivity index (χ3n) is 3.30. The number of nitrogens with zero attached hydrogens (tertiary/aromatic N) is 2. The maximum atomic E-state index is 12.1. The Labute approximate surface area is 113 Å². The standard InChI is InChI=1S/C14H18N4O/c15-6-5-13-14(19)17-7-2-8-18(13)12-4-1-3-11(9-12)10-16/h1,3-4,9,13H,2,5-8,15H2,(H,17,19). The summed E-state index contributed by atoms with van der Waals surface area (Å²) in [6, 6.07) is 9.24. The van der Waals surface area contributed by atoms with Gasteiger partial charge in [-0.15, -0.1) is 0 Å². The SMILES string of the molecule is N#Cc1cccc(N2CCCNC(=O)C2CCN)c1. The number of carbonyl (C=O) groups is 1. The first-order chi connectivity index (χ1) is 9.26. The summed E-state index contributed by atoms with van der Waals surface area (Å²) in [5.74, 6) is 0.0188. The van der Waals surface area contributed by atoms with Gasteiger partial charge in [-0.1, -0.05) is 6.07 Å². The molecule has 0 spiro atoms. The molecule has 1 aliphatic heterocycles. The summed E-state index contributed by atoms with van der Waals surface area (Å²) in [7, 11) is 0. The van der Waals surface area contributed by atoms with Crippen molar-refractivity contribution in [3.63, 3.8) is 0 Å². The molecule has 1 saturated heterocycles. The number of rotatable bonds is 3. The molecule has 2 rings (SSSR count). The van der Waals surface area contributed by atoms with Crippen molar-refractivity contribution in [2.24, 2.45) is 5.73 Å². The molecule has 1 aromatic carbocycles. The zero-order valence-electron chi connectivity index (χ0n) is 10.8. The molecule has 1 amide bonds. The number of anilines is 1. The quantitative estimate of drug-likeness (QED) is 0.832. The molecule has 5 nitrogen and oxygen atoms in total. The largest absolute Gasteiger partial charge is 0.359 e. The predicted molar refractivity (Wildman–Crippen MR) is 73.6 cm³/mol. The zero-order valence-corrected chi connectivity index (χ0v) is 10.8. The van der Waals surface area contributed by atoms with E-state index >= 15 is 0 Å². The molecule has 0 aromatic heterocycles. The Bertz CT molecular complexity index is 494. The van der Waals surface area contributed by atoms with Crippen molar-refractivity contribution >= 4 is 11.6 Å². The van der Waals surface area contributed by atoms with Crippen LogP contribution in [0.5, 0.6) is 0 Å². The van der Waals surface area contributed by atoms with E-state index in [9.17, 15) is 4.79 Å². The number of hydrogen-bond donors (Lipinski definition) is 2. The van der Waals surface area contributed by atoms with E-state index in [0.29, 0.717) is 25.1 Å². The van der Waals surface area contributed by atoms with Crippen LogP contribution in [-0.2, 0) is 4.79 Å². The molecular weight excluding hydrogens is 240 g/mol. The van der Waals surface area contributed by atoms with Crippen LogP contribution in [-0.4, -0.2) is 31.6 Å². The van der Waals surface area contributed by atoms with Gasteiger partial charge in [0, 0.05) is 18.8 Å². The highest BCUT2D eigenvalue weighted by molar-refractivity contribution is 5.85. The molecule has 0 aliphatic carbocycles. The first-order valence-corrected chi connectivity index (χ1v) is 6.51. The Morgan fingerprint density at radius 2 is 2.37 bits per heavy atom. The van der Waals surface area contributed by atoms with E-state index in [1.165, 1.54) is 0 Å². The summed E-state index contributed by atoms with van der Waals surface area (Å²) >= 11 is 0. The summed E-state index contributed by atoms with van der Waals surface area (Å²) in [5, 5.41) is 11.9. The number of nitriles is 1. The van der Waals surface area contributed by atoms with Gasteiger partial charge in [-0.2, -0.15) is 5.26 Å². The van der Waals surface area contributed by atoms with Gasteiger partial charge in [-0.05, 0) is 37.6 Å². The number of carbonyl (C=O) groups excluding carboxylic acids is 1. The van der Waals surface area contributed by atoms with Gasteiger partial charge >= 0.3 is 0 Å². The van der Waals surface area contributed by atoms with E-state index in [0.717, 1.165) is 18.7 Å². The number of amides is 1. The Kier molecular flexibility index (Phi) is 4.37. The van der Waals surface area contributed by atoms with Gasteiger partial charge in [0.2, 0.25) is 5.91 Å². The second kappa shape index (κ2) is 6.21. The van der Waals surface area contributed by atoms with Crippen LogP contribution in [0.4, 0.5) is 5.69 Å². The van der Waals surface area contributed by atoms with Gasteiger partial charge in [0.05, 0.1) is 11.6 Å². The number of hydrogen-bond acceptors (Lipinski definition) is 4. The zero-order chi connectivity index (χ0) is 13.7. The maximum Gasteiger partial charge on any atom is 0.242 e. The third kappa shape index (κ3) is 3.04. The van der Waals surface area contributed by atoms with E-state index in [2.05, 4.69) is 16.3 Å². The van der Waals surface area contributed by atoms with Crippen molar-refractivity contribution in [2.75, 3.05) is 24.5 Å². The number of nitrogens with two attached hydrogens (primary N) is 1. The molecule has 1 aliphatic rings. The van der Waals surface area contributed by atoms with E-state index in [1.807, 2.05) is 18.2 Å². The van der Waals surface area contributed by atoms with Crippen molar-refractivity contribution < 1.29 is 4.79 Å². The summed E-state index contributed by atoms with van der Waals surface area (Å²) < 4.78 is 0. The second-order valence-corrected chi connectivity index (χ2v) is 4.59. The minimum absolute atomic E-state index is 0.0188. The topological polar surface area (TPSA) is 82.2 Å². The second-order valence-electron chi connectivity index (χ2n) is 4.59. The fraction of sp³-hybridized carbons (Fsp3) is 0.429. The molecule has 1 atom stereocenters. The molecule has 19 heavy (non-hydrogen) atoms. The van der Waals surface area contributed by atoms with Crippen LogP contribution in [0.3, 0.4) is 0 Å². The Morgan fingerprint density at radius 1 is 1.53 bits per heavy atom. The molecule has 1 fully saturated rings. The van der Waals surface area contributed by atoms with Crippen LogP contribution in [0.1, 0.15) is 18.4 Å². The lowest BCUT2D eigenvalue weighted by molar-refractivity contribution is -0.122. The predicted octanol–water partition coefficient (Wildman–Crippen LogP) is 0.602. The maximum absolute atomic E-state index is 12.1. The van der Waals surface area contributed by atoms with Gasteiger partial charge in [-0.25, -0.2) is 0 Å². The first-order valence-electron chi connectivity index (χ1n) is 6.51. The molecule has 100 valence electrons. The van der Waals surface area contributed by atoms with Crippen LogP contribution in [0, 0.1) is 11.3 Å². The average molecular weight is 258 g/mol. The van der Waals surface area contributed by atoms with Crippen LogP contribution in [0.25, 0.3) is 0 Å². The summed E-state index contributed by atoms with van der Waals surface area (Å²) in [5.41, 5.74) is 7.13. The summed E-state index contributed by atoms with van der Waals surface area (Å²) in [4.78, 5) is 14.1. The smallest absolute Gasteiger partial charge is 0.242 e. The molecular formula is C14H18N4O. The minimum atomic E-state index is -0.249. The summed E-state index contributed by atoms with van der Waals surface area (Å²) in [6.45, 7) is 1.94. The number of benzene rings is 1. The Hall–Kier alpha value is -2.06. The summed E-state index contributed by atoms with van der Waals surface area (Å²) in [6.07, 6.45) is 1.51. The molecule has 0 saturated carbocycles. The highest BCUT2D eigenvalue weighted by Crippen LogP contribution is 2.21. The average Bonchev–Trinajstić information content (AvgIpc) is 2.62. The molecule has 1 aromatic rings. The highest BCUT2D eigenvalue weighted by Gasteiger charge is 2.27. The van der Waals surface area contributed by atoms with E-state index in [4.69, 9.17) is 11.0 Å². The lowest BCUT2D eigenvalue weighted by Crippen LogP contribution is -2.45. The van der Waals surface area contributed by atoms with Crippen molar-refractivity contribution in [2.45, 2.75) is 18.9 Å². The van der Waals surface area contributed by atoms with Crippen LogP contribution in [0.2, 0.25) is 0 Å². The van der Waals surface area contributed by atoms with Gasteiger partial charge in [0.25, 0.3) is 0 Å². The van der Waals surface area contributed by atoms with Crippen LogP contribution in [0.15, 0.2) is 24.3 Å². The van der Waals surface area contributed by atoms with Crippen molar-refractivity contribution in [3.8, 4) is 6.07 Å². The fourth-order valence-electron chi connectivity index (χ4n) is 2.38. The van der Waals surface area contributed by atoms with Gasteiger partial charge < -0.3 is 16.0 Å². The molecule has 5 heteroatoms. The lowest BCUT2D eigenvalue weighted by atomic mass is 10.1. The Balaban J connectivity index is 2.31. The lowest BCUT2D eigenvalue weighted by Gasteiger charge is -2.30. The van der Waals surface area contributed by atoms with Crippen molar-refractivity contribution in [1.29, 1.82) is 5.26 Å². The monoisotopic (exact) mass is 258 g/mol. The Morgan fingerprint density at radius 3 is 3.11 bits per heavy atom. The molecule has 1 unspecified atom stereocenters. The molecule has 0 bridgehead atoms. The normalized spacial score (nSPS) is 19.5.